The zero-order valence-corrected chi connectivity index (χ0v) is 8.86. The highest BCUT2D eigenvalue weighted by molar-refractivity contribution is 7.90. The number of hydrogen-bond acceptors (Lipinski definition) is 3. The first-order valence-corrected chi connectivity index (χ1v) is 7.47. The van der Waals surface area contributed by atoms with Crippen molar-refractivity contribution in [3.63, 3.8) is 0 Å². The van der Waals surface area contributed by atoms with Crippen molar-refractivity contribution in [2.75, 3.05) is 11.5 Å². The minimum Gasteiger partial charge on any atom is -0.260 e. The molecule has 0 aromatic carbocycles. The maximum Gasteiger partial charge on any atom is 0.214 e. The molecule has 1 aliphatic carbocycles. The van der Waals surface area contributed by atoms with Crippen LogP contribution in [0.3, 0.4) is 0 Å². The summed E-state index contributed by atoms with van der Waals surface area (Å²) >= 11 is 0. The quantitative estimate of drug-likeness (QED) is 0.707. The predicted molar refractivity (Wildman–Crippen MR) is 51.4 cm³/mol. The normalized spacial score (nSPS) is 35.1. The van der Waals surface area contributed by atoms with Gasteiger partial charge in [0.2, 0.25) is 10.0 Å². The van der Waals surface area contributed by atoms with Gasteiger partial charge in [-0.1, -0.05) is 0 Å². The summed E-state index contributed by atoms with van der Waals surface area (Å²) in [7, 11) is -3.89. The topological polar surface area (TPSA) is 63.2 Å². The van der Waals surface area contributed by atoms with E-state index in [1.807, 2.05) is 0 Å². The highest BCUT2D eigenvalue weighted by Gasteiger charge is 2.38. The Morgan fingerprint density at radius 3 is 2.38 bits per heavy atom. The van der Waals surface area contributed by atoms with Crippen molar-refractivity contribution in [2.45, 2.75) is 30.6 Å². The van der Waals surface area contributed by atoms with Gasteiger partial charge in [-0.25, -0.2) is 13.1 Å². The average molecular weight is 223 g/mol. The first kappa shape index (κ1) is 9.61. The van der Waals surface area contributed by atoms with Gasteiger partial charge in [0.05, 0.1) is 5.25 Å². The second kappa shape index (κ2) is 3.33. The Labute approximate surface area is 80.6 Å². The zero-order chi connectivity index (χ0) is 9.47. The van der Waals surface area contributed by atoms with Crippen LogP contribution in [-0.2, 0) is 20.8 Å². The van der Waals surface area contributed by atoms with E-state index in [9.17, 15) is 12.6 Å². The molecular weight excluding hydrogens is 210 g/mol. The molecule has 1 heterocycles. The van der Waals surface area contributed by atoms with Crippen LogP contribution in [-0.4, -0.2) is 35.4 Å². The van der Waals surface area contributed by atoms with Gasteiger partial charge in [0.1, 0.15) is 0 Å². The maximum absolute atomic E-state index is 11.4. The van der Waals surface area contributed by atoms with E-state index >= 15 is 0 Å². The predicted octanol–water partition coefficient (Wildman–Crippen LogP) is -0.411. The van der Waals surface area contributed by atoms with Crippen LogP contribution in [0.25, 0.3) is 0 Å². The molecular formula is C7H13NO3S2. The second-order valence-corrected chi connectivity index (χ2v) is 7.27. The molecule has 0 aromatic rings. The standard InChI is InChI=1S/C7H13NO3S2/c9-12-4-3-6(5-12)8-13(10,11)7-1-2-7/h6-8H,1-5H2. The van der Waals surface area contributed by atoms with Crippen molar-refractivity contribution >= 4 is 20.8 Å². The summed E-state index contributed by atoms with van der Waals surface area (Å²) in [6.07, 6.45) is 2.29. The molecule has 2 atom stereocenters. The Morgan fingerprint density at radius 2 is 1.92 bits per heavy atom. The first-order valence-electron chi connectivity index (χ1n) is 4.44. The minimum absolute atomic E-state index is 0.0774. The molecule has 0 aromatic heterocycles. The fraction of sp³-hybridized carbons (Fsp3) is 1.00. The molecule has 4 nitrogen and oxygen atoms in total. The van der Waals surface area contributed by atoms with Crippen LogP contribution in [0.15, 0.2) is 0 Å². The van der Waals surface area contributed by atoms with E-state index in [-0.39, 0.29) is 11.3 Å². The van der Waals surface area contributed by atoms with Gasteiger partial charge in [0.25, 0.3) is 0 Å². The first-order chi connectivity index (χ1) is 6.08. The van der Waals surface area contributed by atoms with Crippen molar-refractivity contribution in [3.8, 4) is 0 Å². The highest BCUT2D eigenvalue weighted by Crippen LogP contribution is 2.28. The third-order valence-electron chi connectivity index (χ3n) is 2.38. The lowest BCUT2D eigenvalue weighted by atomic mass is 10.3. The molecule has 0 spiro atoms. The molecule has 2 fully saturated rings. The van der Waals surface area contributed by atoms with E-state index in [1.165, 1.54) is 0 Å². The van der Waals surface area contributed by atoms with Crippen LogP contribution in [0.1, 0.15) is 19.3 Å². The second-order valence-electron chi connectivity index (χ2n) is 3.66. The van der Waals surface area contributed by atoms with Gasteiger partial charge in [-0.2, -0.15) is 0 Å². The maximum atomic E-state index is 11.4. The summed E-state index contributed by atoms with van der Waals surface area (Å²) in [5.74, 6) is 1.13. The molecule has 1 saturated carbocycles. The van der Waals surface area contributed by atoms with Gasteiger partial charge in [-0.15, -0.1) is 0 Å². The summed E-state index contributed by atoms with van der Waals surface area (Å²) in [5, 5.41) is -0.165. The van der Waals surface area contributed by atoms with Gasteiger partial charge >= 0.3 is 0 Å². The molecule has 2 aliphatic rings. The average Bonchev–Trinajstić information content (AvgIpc) is 2.78. The summed E-state index contributed by atoms with van der Waals surface area (Å²) in [5.41, 5.74) is 0. The van der Waals surface area contributed by atoms with Crippen molar-refractivity contribution in [3.05, 3.63) is 0 Å². The zero-order valence-electron chi connectivity index (χ0n) is 7.23. The number of hydrogen-bond donors (Lipinski definition) is 1. The van der Waals surface area contributed by atoms with E-state index in [0.717, 1.165) is 19.3 Å². The van der Waals surface area contributed by atoms with Crippen LogP contribution in [0.2, 0.25) is 0 Å². The fourth-order valence-electron chi connectivity index (χ4n) is 1.46. The third kappa shape index (κ3) is 2.30. The lowest BCUT2D eigenvalue weighted by Crippen LogP contribution is -2.37. The van der Waals surface area contributed by atoms with E-state index < -0.39 is 20.8 Å². The minimum atomic E-state index is -3.08. The molecule has 0 bridgehead atoms. The lowest BCUT2D eigenvalue weighted by Gasteiger charge is -2.10. The Morgan fingerprint density at radius 1 is 1.23 bits per heavy atom. The Balaban J connectivity index is 1.94. The monoisotopic (exact) mass is 223 g/mol. The molecule has 13 heavy (non-hydrogen) atoms. The van der Waals surface area contributed by atoms with Crippen molar-refractivity contribution < 1.29 is 12.6 Å². The molecule has 2 rings (SSSR count). The van der Waals surface area contributed by atoms with E-state index in [0.29, 0.717) is 11.5 Å². The van der Waals surface area contributed by atoms with Crippen LogP contribution in [0, 0.1) is 0 Å². The molecule has 2 unspecified atom stereocenters. The Bertz CT molecular complexity index is 321. The SMILES string of the molecule is O=S1CCC(NS(=O)(=O)C2CC2)C1. The van der Waals surface area contributed by atoms with Crippen LogP contribution < -0.4 is 4.72 Å². The number of nitrogens with one attached hydrogen (secondary N) is 1. The molecule has 1 N–H and O–H groups in total. The molecule has 0 amide bonds. The lowest BCUT2D eigenvalue weighted by molar-refractivity contribution is 0.561. The Hall–Kier alpha value is 0.0600. The summed E-state index contributed by atoms with van der Waals surface area (Å²) in [4.78, 5) is 0. The van der Waals surface area contributed by atoms with Crippen LogP contribution in [0.5, 0.6) is 0 Å². The van der Waals surface area contributed by atoms with E-state index in [4.69, 9.17) is 0 Å². The molecule has 76 valence electrons. The Kier molecular flexibility index (Phi) is 2.46. The van der Waals surface area contributed by atoms with Gasteiger partial charge in [-0.3, -0.25) is 4.21 Å². The van der Waals surface area contributed by atoms with Crippen molar-refractivity contribution in [2.24, 2.45) is 0 Å². The molecule has 6 heteroatoms. The highest BCUT2D eigenvalue weighted by atomic mass is 32.2. The summed E-state index contributed by atoms with van der Waals surface area (Å²) < 4.78 is 36.5. The van der Waals surface area contributed by atoms with Gasteiger partial charge < -0.3 is 0 Å². The van der Waals surface area contributed by atoms with Gasteiger partial charge in [-0.05, 0) is 19.3 Å². The smallest absolute Gasteiger partial charge is 0.214 e. The molecule has 1 aliphatic heterocycles. The molecule has 0 radical (unpaired) electrons. The summed E-state index contributed by atoms with van der Waals surface area (Å²) in [6, 6.07) is -0.0774. The van der Waals surface area contributed by atoms with E-state index in [2.05, 4.69) is 4.72 Å². The van der Waals surface area contributed by atoms with Gasteiger partial charge in [0.15, 0.2) is 0 Å². The molecule has 1 saturated heterocycles. The largest absolute Gasteiger partial charge is 0.260 e. The van der Waals surface area contributed by atoms with Crippen molar-refractivity contribution in [1.82, 2.24) is 4.72 Å². The third-order valence-corrected chi connectivity index (χ3v) is 5.85. The number of rotatable bonds is 3. The van der Waals surface area contributed by atoms with Gasteiger partial charge in [0, 0.05) is 28.3 Å². The fourth-order valence-corrected chi connectivity index (χ4v) is 4.60. The number of sulfonamides is 1. The van der Waals surface area contributed by atoms with Crippen LogP contribution >= 0.6 is 0 Å². The van der Waals surface area contributed by atoms with Crippen molar-refractivity contribution in [1.29, 1.82) is 0 Å². The van der Waals surface area contributed by atoms with Crippen LogP contribution in [0.4, 0.5) is 0 Å². The van der Waals surface area contributed by atoms with E-state index in [1.54, 1.807) is 0 Å². The summed E-state index contributed by atoms with van der Waals surface area (Å²) in [6.45, 7) is 0.